The fourth-order valence-electron chi connectivity index (χ4n) is 1.45. The number of carbonyl (C=O) groups is 2. The van der Waals surface area contributed by atoms with Crippen molar-refractivity contribution in [3.8, 4) is 0 Å². The summed E-state index contributed by atoms with van der Waals surface area (Å²) in [6.07, 6.45) is -1.45. The standard InChI is InChI=1S/C13H15ClO4/c1-3-18-13(17)12(16)8(2)11(15)9-4-6-10(14)7-5-9/h4-8,12,16H,3H2,1-2H3/t8-,12-/m0/s1. The Balaban J connectivity index is 2.77. The van der Waals surface area contributed by atoms with Crippen molar-refractivity contribution in [3.05, 3.63) is 34.9 Å². The summed E-state index contributed by atoms with van der Waals surface area (Å²) in [5, 5.41) is 10.2. The number of halogens is 1. The Kier molecular flexibility index (Phi) is 5.31. The SMILES string of the molecule is CCOC(=O)[C@@H](O)[C@@H](C)C(=O)c1ccc(Cl)cc1. The van der Waals surface area contributed by atoms with Gasteiger partial charge in [0.05, 0.1) is 12.5 Å². The summed E-state index contributed by atoms with van der Waals surface area (Å²) in [4.78, 5) is 23.3. The van der Waals surface area contributed by atoms with Crippen molar-refractivity contribution in [2.24, 2.45) is 5.92 Å². The minimum absolute atomic E-state index is 0.164. The molecular formula is C13H15ClO4. The molecule has 0 fully saturated rings. The van der Waals surface area contributed by atoms with Crippen LogP contribution in [0.3, 0.4) is 0 Å². The number of aliphatic hydroxyl groups excluding tert-OH is 1. The topological polar surface area (TPSA) is 63.6 Å². The predicted octanol–water partition coefficient (Wildman–Crippen LogP) is 2.08. The van der Waals surface area contributed by atoms with E-state index in [1.807, 2.05) is 0 Å². The summed E-state index contributed by atoms with van der Waals surface area (Å²) in [6, 6.07) is 6.27. The molecule has 98 valence electrons. The third kappa shape index (κ3) is 3.55. The van der Waals surface area contributed by atoms with E-state index in [9.17, 15) is 14.7 Å². The zero-order valence-electron chi connectivity index (χ0n) is 10.2. The van der Waals surface area contributed by atoms with Gasteiger partial charge in [-0.25, -0.2) is 4.79 Å². The van der Waals surface area contributed by atoms with E-state index in [1.165, 1.54) is 6.92 Å². The van der Waals surface area contributed by atoms with E-state index >= 15 is 0 Å². The van der Waals surface area contributed by atoms with Gasteiger partial charge < -0.3 is 9.84 Å². The van der Waals surface area contributed by atoms with E-state index in [2.05, 4.69) is 4.74 Å². The minimum atomic E-state index is -1.45. The highest BCUT2D eigenvalue weighted by Gasteiger charge is 2.29. The molecule has 18 heavy (non-hydrogen) atoms. The van der Waals surface area contributed by atoms with Crippen LogP contribution in [0.25, 0.3) is 0 Å². The van der Waals surface area contributed by atoms with Crippen LogP contribution in [0.2, 0.25) is 5.02 Å². The van der Waals surface area contributed by atoms with Gasteiger partial charge in [0, 0.05) is 10.6 Å². The summed E-state index contributed by atoms with van der Waals surface area (Å²) in [5.41, 5.74) is 0.398. The molecule has 1 rings (SSSR count). The predicted molar refractivity (Wildman–Crippen MR) is 67.6 cm³/mol. The number of ether oxygens (including phenoxy) is 1. The first kappa shape index (κ1) is 14.7. The van der Waals surface area contributed by atoms with Crippen LogP contribution in [-0.4, -0.2) is 29.6 Å². The van der Waals surface area contributed by atoms with Gasteiger partial charge in [0.25, 0.3) is 0 Å². The second-order valence-corrected chi connectivity index (χ2v) is 4.29. The molecule has 0 amide bonds. The Morgan fingerprint density at radius 3 is 2.39 bits per heavy atom. The maximum Gasteiger partial charge on any atom is 0.335 e. The number of hydrogen-bond donors (Lipinski definition) is 1. The van der Waals surface area contributed by atoms with Gasteiger partial charge in [-0.2, -0.15) is 0 Å². The first-order valence-electron chi connectivity index (χ1n) is 5.61. The molecule has 0 aliphatic carbocycles. The minimum Gasteiger partial charge on any atom is -0.464 e. The van der Waals surface area contributed by atoms with E-state index < -0.39 is 18.0 Å². The quantitative estimate of drug-likeness (QED) is 0.657. The average molecular weight is 271 g/mol. The molecule has 0 saturated heterocycles. The lowest BCUT2D eigenvalue weighted by Crippen LogP contribution is -2.34. The zero-order chi connectivity index (χ0) is 13.7. The lowest BCUT2D eigenvalue weighted by Gasteiger charge is -2.16. The van der Waals surface area contributed by atoms with Crippen molar-refractivity contribution in [1.82, 2.24) is 0 Å². The first-order chi connectivity index (χ1) is 8.47. The van der Waals surface area contributed by atoms with E-state index in [-0.39, 0.29) is 12.4 Å². The van der Waals surface area contributed by atoms with Crippen LogP contribution in [0.15, 0.2) is 24.3 Å². The molecule has 0 heterocycles. The van der Waals surface area contributed by atoms with Crippen LogP contribution in [0.5, 0.6) is 0 Å². The second kappa shape index (κ2) is 6.52. The van der Waals surface area contributed by atoms with Gasteiger partial charge in [-0.05, 0) is 31.2 Å². The third-order valence-corrected chi connectivity index (χ3v) is 2.80. The lowest BCUT2D eigenvalue weighted by molar-refractivity contribution is -0.154. The van der Waals surface area contributed by atoms with E-state index in [1.54, 1.807) is 31.2 Å². The molecule has 0 aliphatic heterocycles. The molecule has 0 radical (unpaired) electrons. The number of esters is 1. The number of aliphatic hydroxyl groups is 1. The van der Waals surface area contributed by atoms with Crippen LogP contribution in [-0.2, 0) is 9.53 Å². The Hall–Kier alpha value is -1.39. The van der Waals surface area contributed by atoms with Crippen molar-refractivity contribution >= 4 is 23.4 Å². The summed E-state index contributed by atoms with van der Waals surface area (Å²) in [5.74, 6) is -1.97. The van der Waals surface area contributed by atoms with Crippen LogP contribution < -0.4 is 0 Å². The molecule has 0 bridgehead atoms. The molecule has 1 aromatic carbocycles. The van der Waals surface area contributed by atoms with E-state index in [0.717, 1.165) is 0 Å². The molecule has 0 saturated carbocycles. The Labute approximate surface area is 111 Å². The monoisotopic (exact) mass is 270 g/mol. The van der Waals surface area contributed by atoms with Crippen molar-refractivity contribution < 1.29 is 19.4 Å². The van der Waals surface area contributed by atoms with Crippen LogP contribution in [0, 0.1) is 5.92 Å². The van der Waals surface area contributed by atoms with E-state index in [0.29, 0.717) is 10.6 Å². The molecular weight excluding hydrogens is 256 g/mol. The van der Waals surface area contributed by atoms with Gasteiger partial charge >= 0.3 is 5.97 Å². The van der Waals surface area contributed by atoms with Crippen molar-refractivity contribution in [2.45, 2.75) is 20.0 Å². The fourth-order valence-corrected chi connectivity index (χ4v) is 1.58. The summed E-state index contributed by atoms with van der Waals surface area (Å²) in [7, 11) is 0. The highest BCUT2D eigenvalue weighted by molar-refractivity contribution is 6.30. The molecule has 0 unspecified atom stereocenters. The fraction of sp³-hybridized carbons (Fsp3) is 0.385. The number of benzene rings is 1. The Morgan fingerprint density at radius 2 is 1.89 bits per heavy atom. The molecule has 0 aromatic heterocycles. The van der Waals surface area contributed by atoms with Crippen molar-refractivity contribution in [2.75, 3.05) is 6.61 Å². The summed E-state index contributed by atoms with van der Waals surface area (Å²) < 4.78 is 4.67. The third-order valence-electron chi connectivity index (χ3n) is 2.54. The number of Topliss-reactive ketones (excluding diaryl/α,β-unsaturated/α-hetero) is 1. The molecule has 4 nitrogen and oxygen atoms in total. The first-order valence-corrected chi connectivity index (χ1v) is 5.99. The van der Waals surface area contributed by atoms with E-state index in [4.69, 9.17) is 11.6 Å². The molecule has 0 aliphatic rings. The van der Waals surface area contributed by atoms with Gasteiger partial charge in [-0.1, -0.05) is 18.5 Å². The maximum absolute atomic E-state index is 12.0. The van der Waals surface area contributed by atoms with Gasteiger partial charge in [0.15, 0.2) is 11.9 Å². The molecule has 1 N–H and O–H groups in total. The molecule has 5 heteroatoms. The smallest absolute Gasteiger partial charge is 0.335 e. The van der Waals surface area contributed by atoms with Gasteiger partial charge in [0.1, 0.15) is 0 Å². The van der Waals surface area contributed by atoms with Gasteiger partial charge in [-0.15, -0.1) is 0 Å². The summed E-state index contributed by atoms with van der Waals surface area (Å²) >= 11 is 5.72. The van der Waals surface area contributed by atoms with Crippen LogP contribution >= 0.6 is 11.6 Å². The Bertz CT molecular complexity index is 427. The number of ketones is 1. The zero-order valence-corrected chi connectivity index (χ0v) is 11.0. The van der Waals surface area contributed by atoms with Crippen LogP contribution in [0.4, 0.5) is 0 Å². The number of carbonyl (C=O) groups excluding carboxylic acids is 2. The highest BCUT2D eigenvalue weighted by Crippen LogP contribution is 2.16. The largest absolute Gasteiger partial charge is 0.464 e. The Morgan fingerprint density at radius 1 is 1.33 bits per heavy atom. The lowest BCUT2D eigenvalue weighted by atomic mass is 9.94. The molecule has 1 aromatic rings. The van der Waals surface area contributed by atoms with Crippen LogP contribution in [0.1, 0.15) is 24.2 Å². The highest BCUT2D eigenvalue weighted by atomic mass is 35.5. The van der Waals surface area contributed by atoms with Crippen molar-refractivity contribution in [1.29, 1.82) is 0 Å². The van der Waals surface area contributed by atoms with Gasteiger partial charge in [0.2, 0.25) is 0 Å². The number of hydrogen-bond acceptors (Lipinski definition) is 4. The molecule has 0 spiro atoms. The van der Waals surface area contributed by atoms with Gasteiger partial charge in [-0.3, -0.25) is 4.79 Å². The molecule has 2 atom stereocenters. The normalized spacial score (nSPS) is 13.8. The maximum atomic E-state index is 12.0. The average Bonchev–Trinajstić information content (AvgIpc) is 2.37. The second-order valence-electron chi connectivity index (χ2n) is 3.86. The number of rotatable bonds is 5. The summed E-state index contributed by atoms with van der Waals surface area (Å²) in [6.45, 7) is 3.28. The van der Waals surface area contributed by atoms with Crippen molar-refractivity contribution in [3.63, 3.8) is 0 Å².